The zero-order valence-corrected chi connectivity index (χ0v) is 13.7. The van der Waals surface area contributed by atoms with Gasteiger partial charge in [-0.15, -0.1) is 11.3 Å². The first kappa shape index (κ1) is 15.8. The molecule has 0 saturated carbocycles. The summed E-state index contributed by atoms with van der Waals surface area (Å²) in [4.78, 5) is 4.32. The van der Waals surface area contributed by atoms with Gasteiger partial charge in [0.15, 0.2) is 0 Å². The molecule has 20 heavy (non-hydrogen) atoms. The van der Waals surface area contributed by atoms with Gasteiger partial charge in [0.05, 0.1) is 13.2 Å². The Balaban J connectivity index is 2.08. The van der Waals surface area contributed by atoms with E-state index in [-0.39, 0.29) is 6.04 Å². The van der Waals surface area contributed by atoms with Gasteiger partial charge < -0.3 is 4.74 Å². The lowest BCUT2D eigenvalue weighted by atomic mass is 10.2. The summed E-state index contributed by atoms with van der Waals surface area (Å²) in [5.74, 6) is 0. The molecule has 1 aromatic heterocycles. The Labute approximate surface area is 124 Å². The smallest absolute Gasteiger partial charge is 0.282 e. The Bertz CT molecular complexity index is 544. The Morgan fingerprint density at radius 3 is 2.95 bits per heavy atom. The van der Waals surface area contributed by atoms with Gasteiger partial charge >= 0.3 is 0 Å². The van der Waals surface area contributed by atoms with Crippen LogP contribution in [0.2, 0.25) is 0 Å². The molecule has 1 fully saturated rings. The summed E-state index contributed by atoms with van der Waals surface area (Å²) in [5.41, 5.74) is 0.925. The molecule has 0 aromatic carbocycles. The number of hydrogen-bond donors (Lipinski definition) is 0. The highest BCUT2D eigenvalue weighted by molar-refractivity contribution is 7.86. The van der Waals surface area contributed by atoms with Crippen LogP contribution in [0.25, 0.3) is 0 Å². The molecule has 1 aliphatic rings. The van der Waals surface area contributed by atoms with E-state index in [4.69, 9.17) is 4.74 Å². The fraction of sp³-hybridized carbons (Fsp3) is 0.750. The van der Waals surface area contributed by atoms with E-state index < -0.39 is 10.2 Å². The Morgan fingerprint density at radius 1 is 1.60 bits per heavy atom. The van der Waals surface area contributed by atoms with Gasteiger partial charge in [-0.25, -0.2) is 4.98 Å². The van der Waals surface area contributed by atoms with Crippen LogP contribution in [0, 0.1) is 6.92 Å². The van der Waals surface area contributed by atoms with Crippen molar-refractivity contribution in [1.29, 1.82) is 0 Å². The Hall–Kier alpha value is -0.540. The molecule has 0 N–H and O–H groups in total. The zero-order chi connectivity index (χ0) is 14.8. The second kappa shape index (κ2) is 6.48. The van der Waals surface area contributed by atoms with Gasteiger partial charge in [-0.1, -0.05) is 0 Å². The number of ether oxygens (including phenoxy) is 1. The average molecular weight is 319 g/mol. The number of nitrogens with zero attached hydrogens (tertiary/aromatic N) is 3. The van der Waals surface area contributed by atoms with Crippen molar-refractivity contribution >= 4 is 21.5 Å². The fourth-order valence-corrected chi connectivity index (χ4v) is 4.85. The standard InChI is InChI=1S/C12H21N3O3S2/c1-10-9-19-12(13-10)7-14(2)20(16,17)15-6-4-5-11(15)8-18-3/h9,11H,4-8H2,1-3H3/t11-/m0/s1. The molecule has 0 spiro atoms. The number of methoxy groups -OCH3 is 1. The van der Waals surface area contributed by atoms with E-state index in [2.05, 4.69) is 4.98 Å². The minimum absolute atomic E-state index is 0.0505. The quantitative estimate of drug-likeness (QED) is 0.791. The molecule has 1 aromatic rings. The second-order valence-electron chi connectivity index (χ2n) is 5.01. The highest BCUT2D eigenvalue weighted by Gasteiger charge is 2.36. The van der Waals surface area contributed by atoms with E-state index in [0.717, 1.165) is 23.5 Å². The van der Waals surface area contributed by atoms with Crippen LogP contribution < -0.4 is 0 Å². The maximum absolute atomic E-state index is 12.6. The van der Waals surface area contributed by atoms with Crippen molar-refractivity contribution in [3.63, 3.8) is 0 Å². The molecule has 0 unspecified atom stereocenters. The van der Waals surface area contributed by atoms with Crippen molar-refractivity contribution in [2.45, 2.75) is 32.4 Å². The molecule has 0 amide bonds. The van der Waals surface area contributed by atoms with Crippen molar-refractivity contribution in [1.82, 2.24) is 13.6 Å². The highest BCUT2D eigenvalue weighted by atomic mass is 32.2. The molecule has 1 atom stereocenters. The predicted molar refractivity (Wildman–Crippen MR) is 78.8 cm³/mol. The van der Waals surface area contributed by atoms with E-state index in [1.807, 2.05) is 12.3 Å². The van der Waals surface area contributed by atoms with E-state index in [1.165, 1.54) is 15.6 Å². The number of hydrogen-bond acceptors (Lipinski definition) is 5. The molecular weight excluding hydrogens is 298 g/mol. The van der Waals surface area contributed by atoms with Crippen molar-refractivity contribution in [2.24, 2.45) is 0 Å². The third-order valence-electron chi connectivity index (χ3n) is 3.40. The van der Waals surface area contributed by atoms with Gasteiger partial charge in [-0.05, 0) is 19.8 Å². The van der Waals surface area contributed by atoms with Crippen LogP contribution in [-0.4, -0.2) is 55.4 Å². The van der Waals surface area contributed by atoms with Crippen molar-refractivity contribution in [3.05, 3.63) is 16.1 Å². The third kappa shape index (κ3) is 3.37. The van der Waals surface area contributed by atoms with Gasteiger partial charge in [0, 0.05) is 37.8 Å². The van der Waals surface area contributed by atoms with Crippen LogP contribution in [0.15, 0.2) is 5.38 Å². The Morgan fingerprint density at radius 2 is 2.35 bits per heavy atom. The first-order valence-electron chi connectivity index (χ1n) is 6.58. The minimum atomic E-state index is -3.45. The molecule has 1 aliphatic heterocycles. The third-order valence-corrected chi connectivity index (χ3v) is 6.34. The number of rotatable bonds is 6. The summed E-state index contributed by atoms with van der Waals surface area (Å²) in [6.45, 7) is 3.24. The van der Waals surface area contributed by atoms with Crippen LogP contribution in [0.5, 0.6) is 0 Å². The van der Waals surface area contributed by atoms with Crippen LogP contribution in [0.4, 0.5) is 0 Å². The summed E-state index contributed by atoms with van der Waals surface area (Å²) in [6, 6.07) is -0.0505. The molecule has 0 radical (unpaired) electrons. The van der Waals surface area contributed by atoms with Crippen molar-refractivity contribution in [2.75, 3.05) is 27.3 Å². The van der Waals surface area contributed by atoms with Crippen LogP contribution >= 0.6 is 11.3 Å². The summed E-state index contributed by atoms with van der Waals surface area (Å²) in [6.07, 6.45) is 1.74. The molecule has 6 nitrogen and oxygen atoms in total. The molecule has 1 saturated heterocycles. The van der Waals surface area contributed by atoms with E-state index in [1.54, 1.807) is 18.5 Å². The predicted octanol–water partition coefficient (Wildman–Crippen LogP) is 1.24. The minimum Gasteiger partial charge on any atom is -0.383 e. The number of aryl methyl sites for hydroxylation is 1. The van der Waals surface area contributed by atoms with Crippen LogP contribution in [0.1, 0.15) is 23.5 Å². The lowest BCUT2D eigenvalue weighted by molar-refractivity contribution is 0.146. The zero-order valence-electron chi connectivity index (χ0n) is 12.1. The maximum atomic E-state index is 12.6. The summed E-state index contributed by atoms with van der Waals surface area (Å²) < 4.78 is 33.2. The molecule has 0 aliphatic carbocycles. The number of thiazole rings is 1. The van der Waals surface area contributed by atoms with E-state index >= 15 is 0 Å². The van der Waals surface area contributed by atoms with Gasteiger partial charge in [0.1, 0.15) is 5.01 Å². The first-order chi connectivity index (χ1) is 9.45. The molecule has 2 heterocycles. The van der Waals surface area contributed by atoms with Gasteiger partial charge in [-0.3, -0.25) is 0 Å². The molecule has 8 heteroatoms. The fourth-order valence-electron chi connectivity index (χ4n) is 2.40. The van der Waals surface area contributed by atoms with Crippen LogP contribution in [0.3, 0.4) is 0 Å². The largest absolute Gasteiger partial charge is 0.383 e. The lowest BCUT2D eigenvalue weighted by Gasteiger charge is -2.28. The van der Waals surface area contributed by atoms with E-state index in [0.29, 0.717) is 19.7 Å². The van der Waals surface area contributed by atoms with E-state index in [9.17, 15) is 8.42 Å². The first-order valence-corrected chi connectivity index (χ1v) is 8.86. The molecule has 2 rings (SSSR count). The topological polar surface area (TPSA) is 62.7 Å². The van der Waals surface area contributed by atoms with Gasteiger partial charge in [0.2, 0.25) is 0 Å². The van der Waals surface area contributed by atoms with Crippen molar-refractivity contribution < 1.29 is 13.2 Å². The van der Waals surface area contributed by atoms with Crippen molar-refractivity contribution in [3.8, 4) is 0 Å². The SMILES string of the molecule is COC[C@@H]1CCCN1S(=O)(=O)N(C)Cc1nc(C)cs1. The molecule has 0 bridgehead atoms. The Kier molecular flexibility index (Phi) is 5.14. The molecular formula is C12H21N3O3S2. The highest BCUT2D eigenvalue weighted by Crippen LogP contribution is 2.24. The van der Waals surface area contributed by atoms with Gasteiger partial charge in [-0.2, -0.15) is 17.0 Å². The number of aromatic nitrogens is 1. The summed E-state index contributed by atoms with van der Waals surface area (Å²) in [7, 11) is -0.238. The lowest BCUT2D eigenvalue weighted by Crippen LogP contribution is -2.45. The second-order valence-corrected chi connectivity index (χ2v) is 7.94. The summed E-state index contributed by atoms with van der Waals surface area (Å²) in [5, 5.41) is 2.75. The monoisotopic (exact) mass is 319 g/mol. The summed E-state index contributed by atoms with van der Waals surface area (Å²) >= 11 is 1.49. The average Bonchev–Trinajstić information content (AvgIpc) is 2.99. The molecule has 114 valence electrons. The maximum Gasteiger partial charge on any atom is 0.282 e. The normalized spacial score (nSPS) is 20.9. The van der Waals surface area contributed by atoms with Gasteiger partial charge in [0.25, 0.3) is 10.2 Å². The van der Waals surface area contributed by atoms with Crippen LogP contribution in [-0.2, 0) is 21.5 Å².